The second-order valence-electron chi connectivity index (χ2n) is 3.47. The van der Waals surface area contributed by atoms with E-state index in [9.17, 15) is 14.9 Å². The molecule has 0 aliphatic rings. The van der Waals surface area contributed by atoms with Crippen LogP contribution in [0.5, 0.6) is 0 Å². The van der Waals surface area contributed by atoms with E-state index < -0.39 is 16.9 Å². The summed E-state index contributed by atoms with van der Waals surface area (Å²) < 4.78 is 0.711. The number of carboxylic acids is 1. The molecule has 1 atom stereocenters. The second-order valence-corrected chi connectivity index (χ2v) is 4.39. The molecule has 92 valence electrons. The molecular weight excluding hydrogens is 292 g/mol. The van der Waals surface area contributed by atoms with Crippen LogP contribution in [0.25, 0.3) is 0 Å². The Morgan fingerprint density at radius 1 is 1.65 bits per heavy atom. The first-order valence-electron chi connectivity index (χ1n) is 4.81. The van der Waals surface area contributed by atoms with Gasteiger partial charge in [0.25, 0.3) is 5.69 Å². The minimum Gasteiger partial charge on any atom is -0.480 e. The minimum atomic E-state index is -0.998. The van der Waals surface area contributed by atoms with Crippen LogP contribution in [0.1, 0.15) is 12.5 Å². The summed E-state index contributed by atoms with van der Waals surface area (Å²) in [6.45, 7) is 1.61. The first kappa shape index (κ1) is 13.6. The number of hydrogen-bond donors (Lipinski definition) is 2. The van der Waals surface area contributed by atoms with Gasteiger partial charge in [-0.3, -0.25) is 14.9 Å². The molecule has 1 aromatic rings. The lowest BCUT2D eigenvalue weighted by molar-refractivity contribution is -0.385. The third-order valence-electron chi connectivity index (χ3n) is 2.21. The molecule has 1 rings (SSSR count). The van der Waals surface area contributed by atoms with Crippen LogP contribution in [0, 0.1) is 10.1 Å². The van der Waals surface area contributed by atoms with Gasteiger partial charge in [0, 0.05) is 22.6 Å². The molecule has 1 unspecified atom stereocenters. The molecule has 0 radical (unpaired) electrons. The fourth-order valence-corrected chi connectivity index (χ4v) is 1.63. The maximum Gasteiger partial charge on any atom is 0.320 e. The van der Waals surface area contributed by atoms with Crippen LogP contribution >= 0.6 is 15.9 Å². The zero-order valence-electron chi connectivity index (χ0n) is 9.01. The summed E-state index contributed by atoms with van der Waals surface area (Å²) >= 11 is 3.21. The molecule has 0 heterocycles. The average molecular weight is 303 g/mol. The zero-order valence-corrected chi connectivity index (χ0v) is 10.6. The SMILES string of the molecule is CC(NCc1cc(Br)ccc1[N+](=O)[O-])C(=O)O. The third-order valence-corrected chi connectivity index (χ3v) is 2.70. The van der Waals surface area contributed by atoms with E-state index in [0.717, 1.165) is 0 Å². The van der Waals surface area contributed by atoms with Crippen LogP contribution < -0.4 is 5.32 Å². The summed E-state index contributed by atoms with van der Waals surface area (Å²) in [6.07, 6.45) is 0. The normalized spacial score (nSPS) is 12.1. The zero-order chi connectivity index (χ0) is 13.0. The molecule has 17 heavy (non-hydrogen) atoms. The molecule has 0 aliphatic heterocycles. The molecule has 0 amide bonds. The summed E-state index contributed by atoms with van der Waals surface area (Å²) in [5, 5.41) is 22.1. The Kier molecular flexibility index (Phi) is 4.59. The van der Waals surface area contributed by atoms with Crippen molar-refractivity contribution < 1.29 is 14.8 Å². The molecule has 1 aromatic carbocycles. The fraction of sp³-hybridized carbons (Fsp3) is 0.300. The number of benzene rings is 1. The molecule has 0 saturated heterocycles. The second kappa shape index (κ2) is 5.74. The van der Waals surface area contributed by atoms with Crippen LogP contribution in [0.2, 0.25) is 0 Å². The number of nitrogens with one attached hydrogen (secondary N) is 1. The summed E-state index contributed by atoms with van der Waals surface area (Å²) in [6, 6.07) is 3.79. The number of halogens is 1. The van der Waals surface area contributed by atoms with Gasteiger partial charge < -0.3 is 10.4 Å². The third kappa shape index (κ3) is 3.79. The number of nitrogens with zero attached hydrogens (tertiary/aromatic N) is 1. The summed E-state index contributed by atoms with van der Waals surface area (Å²) in [5.74, 6) is -0.998. The van der Waals surface area contributed by atoms with E-state index in [2.05, 4.69) is 21.2 Å². The largest absolute Gasteiger partial charge is 0.480 e. The first-order valence-corrected chi connectivity index (χ1v) is 5.60. The van der Waals surface area contributed by atoms with Gasteiger partial charge in [0.15, 0.2) is 0 Å². The molecule has 2 N–H and O–H groups in total. The number of carboxylic acid groups (broad SMARTS) is 1. The molecule has 0 saturated carbocycles. The number of nitro groups is 1. The van der Waals surface area contributed by atoms with Gasteiger partial charge in [-0.25, -0.2) is 0 Å². The lowest BCUT2D eigenvalue weighted by Crippen LogP contribution is -2.33. The molecule has 0 bridgehead atoms. The highest BCUT2D eigenvalue weighted by molar-refractivity contribution is 9.10. The Labute approximate surface area is 106 Å². The monoisotopic (exact) mass is 302 g/mol. The predicted molar refractivity (Wildman–Crippen MR) is 64.7 cm³/mol. The van der Waals surface area contributed by atoms with Crippen molar-refractivity contribution in [1.29, 1.82) is 0 Å². The molecule has 7 heteroatoms. The Bertz CT molecular complexity index is 450. The Morgan fingerprint density at radius 2 is 2.29 bits per heavy atom. The maximum absolute atomic E-state index is 10.8. The summed E-state index contributed by atoms with van der Waals surface area (Å²) in [5.41, 5.74) is 0.413. The van der Waals surface area contributed by atoms with Crippen LogP contribution in [0.3, 0.4) is 0 Å². The number of aliphatic carboxylic acids is 1. The summed E-state index contributed by atoms with van der Waals surface area (Å²) in [4.78, 5) is 20.9. The molecule has 0 fully saturated rings. The Balaban J connectivity index is 2.85. The molecule has 0 aliphatic carbocycles. The fourth-order valence-electron chi connectivity index (χ4n) is 1.22. The van der Waals surface area contributed by atoms with Gasteiger partial charge in [-0.15, -0.1) is 0 Å². The van der Waals surface area contributed by atoms with E-state index in [-0.39, 0.29) is 12.2 Å². The highest BCUT2D eigenvalue weighted by atomic mass is 79.9. The van der Waals surface area contributed by atoms with Gasteiger partial charge in [0.05, 0.1) is 4.92 Å². The predicted octanol–water partition coefficient (Wildman–Crippen LogP) is 1.92. The van der Waals surface area contributed by atoms with E-state index in [0.29, 0.717) is 10.0 Å². The van der Waals surface area contributed by atoms with Crippen LogP contribution in [0.15, 0.2) is 22.7 Å². The number of carbonyl (C=O) groups is 1. The van der Waals surface area contributed by atoms with E-state index >= 15 is 0 Å². The maximum atomic E-state index is 10.8. The van der Waals surface area contributed by atoms with Crippen molar-refractivity contribution in [3.8, 4) is 0 Å². The van der Waals surface area contributed by atoms with Crippen molar-refractivity contribution in [1.82, 2.24) is 5.32 Å². The van der Waals surface area contributed by atoms with Crippen molar-refractivity contribution in [2.45, 2.75) is 19.5 Å². The quantitative estimate of drug-likeness (QED) is 0.640. The van der Waals surface area contributed by atoms with E-state index in [1.165, 1.54) is 13.0 Å². The smallest absolute Gasteiger partial charge is 0.320 e. The van der Waals surface area contributed by atoms with Crippen molar-refractivity contribution in [3.05, 3.63) is 38.3 Å². The molecule has 6 nitrogen and oxygen atoms in total. The lowest BCUT2D eigenvalue weighted by atomic mass is 10.1. The highest BCUT2D eigenvalue weighted by Crippen LogP contribution is 2.22. The van der Waals surface area contributed by atoms with Gasteiger partial charge >= 0.3 is 5.97 Å². The van der Waals surface area contributed by atoms with Crippen LogP contribution in [0.4, 0.5) is 5.69 Å². The summed E-state index contributed by atoms with van der Waals surface area (Å²) in [7, 11) is 0. The molecule has 0 aromatic heterocycles. The highest BCUT2D eigenvalue weighted by Gasteiger charge is 2.16. The van der Waals surface area contributed by atoms with Gasteiger partial charge in [-0.1, -0.05) is 15.9 Å². The van der Waals surface area contributed by atoms with Gasteiger partial charge in [-0.05, 0) is 19.1 Å². The first-order chi connectivity index (χ1) is 7.91. The lowest BCUT2D eigenvalue weighted by Gasteiger charge is -2.09. The Hall–Kier alpha value is -1.47. The van der Waals surface area contributed by atoms with E-state index in [1.807, 2.05) is 0 Å². The topological polar surface area (TPSA) is 92.5 Å². The van der Waals surface area contributed by atoms with Crippen molar-refractivity contribution in [2.24, 2.45) is 0 Å². The van der Waals surface area contributed by atoms with Gasteiger partial charge in [-0.2, -0.15) is 0 Å². The van der Waals surface area contributed by atoms with E-state index in [1.54, 1.807) is 12.1 Å². The number of rotatable bonds is 5. The van der Waals surface area contributed by atoms with Crippen LogP contribution in [-0.4, -0.2) is 22.0 Å². The Morgan fingerprint density at radius 3 is 2.82 bits per heavy atom. The minimum absolute atomic E-state index is 0.0294. The molecule has 0 spiro atoms. The van der Waals surface area contributed by atoms with Crippen LogP contribution in [-0.2, 0) is 11.3 Å². The number of nitro benzene ring substituents is 1. The molecular formula is C10H11BrN2O4. The standard InChI is InChI=1S/C10H11BrN2O4/c1-6(10(14)15)12-5-7-4-8(11)2-3-9(7)13(16)17/h2-4,6,12H,5H2,1H3,(H,14,15). The van der Waals surface area contributed by atoms with Crippen molar-refractivity contribution >= 4 is 27.6 Å². The number of hydrogen-bond acceptors (Lipinski definition) is 4. The van der Waals surface area contributed by atoms with Crippen molar-refractivity contribution in [3.63, 3.8) is 0 Å². The van der Waals surface area contributed by atoms with E-state index in [4.69, 9.17) is 5.11 Å². The van der Waals surface area contributed by atoms with Gasteiger partial charge in [0.2, 0.25) is 0 Å². The van der Waals surface area contributed by atoms with Gasteiger partial charge in [0.1, 0.15) is 6.04 Å². The van der Waals surface area contributed by atoms with Crippen molar-refractivity contribution in [2.75, 3.05) is 0 Å². The average Bonchev–Trinajstić information content (AvgIpc) is 2.25.